The van der Waals surface area contributed by atoms with Crippen molar-refractivity contribution in [3.63, 3.8) is 0 Å². The molecule has 6 rings (SSSR count). The fourth-order valence-electron chi connectivity index (χ4n) is 7.05. The predicted molar refractivity (Wildman–Crippen MR) is 149 cm³/mol. The SMILES string of the molecule is CNC(=O)C(=O)CC[C@H](NC(=O)c1cnnn1C)C(=O)Nc1cccn(CC(=O)NC2C3CC4CC(C3)CC2C4)c1=O. The highest BCUT2D eigenvalue weighted by molar-refractivity contribution is 6.36. The minimum atomic E-state index is -1.27. The molecule has 42 heavy (non-hydrogen) atoms. The molecular formula is C28H36N8O6. The van der Waals surface area contributed by atoms with E-state index in [1.165, 1.54) is 54.3 Å². The normalized spacial score (nSPS) is 24.5. The van der Waals surface area contributed by atoms with Crippen molar-refractivity contribution in [3.05, 3.63) is 40.6 Å². The first-order chi connectivity index (χ1) is 20.1. The maximum absolute atomic E-state index is 13.2. The molecule has 4 saturated carbocycles. The maximum Gasteiger partial charge on any atom is 0.287 e. The van der Waals surface area contributed by atoms with Crippen molar-refractivity contribution in [1.29, 1.82) is 0 Å². The predicted octanol–water partition coefficient (Wildman–Crippen LogP) is -0.250. The molecule has 14 nitrogen and oxygen atoms in total. The number of nitrogens with zero attached hydrogens (tertiary/aromatic N) is 4. The third kappa shape index (κ3) is 6.26. The number of aryl methyl sites for hydroxylation is 1. The van der Waals surface area contributed by atoms with Crippen LogP contribution in [0.2, 0.25) is 0 Å². The molecule has 4 N–H and O–H groups in total. The van der Waals surface area contributed by atoms with Crippen molar-refractivity contribution < 1.29 is 24.0 Å². The number of anilines is 1. The third-order valence-corrected chi connectivity index (χ3v) is 8.86. The van der Waals surface area contributed by atoms with E-state index in [2.05, 4.69) is 31.6 Å². The lowest BCUT2D eigenvalue weighted by atomic mass is 9.54. The quantitative estimate of drug-likeness (QED) is 0.262. The number of carbonyl (C=O) groups excluding carboxylic acids is 5. The summed E-state index contributed by atoms with van der Waals surface area (Å²) >= 11 is 0. The minimum absolute atomic E-state index is 0.0673. The molecule has 4 fully saturated rings. The fraction of sp³-hybridized carbons (Fsp3) is 0.571. The van der Waals surface area contributed by atoms with E-state index in [1.54, 1.807) is 0 Å². The number of carbonyl (C=O) groups is 5. The second-order valence-corrected chi connectivity index (χ2v) is 11.7. The number of aromatic nitrogens is 4. The smallest absolute Gasteiger partial charge is 0.287 e. The van der Waals surface area contributed by atoms with Gasteiger partial charge in [0.25, 0.3) is 17.4 Å². The molecule has 1 atom stereocenters. The molecule has 4 bridgehead atoms. The van der Waals surface area contributed by atoms with E-state index in [-0.39, 0.29) is 42.7 Å². The van der Waals surface area contributed by atoms with Gasteiger partial charge in [0, 0.05) is 32.8 Å². The van der Waals surface area contributed by atoms with Crippen LogP contribution in [0.3, 0.4) is 0 Å². The van der Waals surface area contributed by atoms with Crippen molar-refractivity contribution in [2.24, 2.45) is 30.7 Å². The molecule has 2 aromatic heterocycles. The lowest BCUT2D eigenvalue weighted by Gasteiger charge is -2.54. The van der Waals surface area contributed by atoms with Gasteiger partial charge < -0.3 is 25.8 Å². The maximum atomic E-state index is 13.2. The highest BCUT2D eigenvalue weighted by atomic mass is 16.2. The first-order valence-electron chi connectivity index (χ1n) is 14.3. The van der Waals surface area contributed by atoms with Crippen LogP contribution in [-0.4, -0.2) is 68.1 Å². The summed E-state index contributed by atoms with van der Waals surface area (Å²) < 4.78 is 2.44. The number of hydrogen-bond donors (Lipinski definition) is 4. The largest absolute Gasteiger partial charge is 0.353 e. The molecule has 2 heterocycles. The van der Waals surface area contributed by atoms with Crippen LogP contribution >= 0.6 is 0 Å². The summed E-state index contributed by atoms with van der Waals surface area (Å²) in [7, 11) is 2.81. The van der Waals surface area contributed by atoms with Gasteiger partial charge in [0.1, 0.15) is 24.0 Å². The van der Waals surface area contributed by atoms with Crippen molar-refractivity contribution >= 4 is 35.1 Å². The Hall–Kier alpha value is -4.36. The van der Waals surface area contributed by atoms with E-state index in [0.29, 0.717) is 11.8 Å². The van der Waals surface area contributed by atoms with Crippen LogP contribution in [-0.2, 0) is 32.8 Å². The summed E-state index contributed by atoms with van der Waals surface area (Å²) in [6, 6.07) is 1.80. The van der Waals surface area contributed by atoms with Crippen LogP contribution in [0.15, 0.2) is 29.3 Å². The van der Waals surface area contributed by atoms with Crippen LogP contribution in [0, 0.1) is 23.7 Å². The van der Waals surface area contributed by atoms with Gasteiger partial charge in [-0.15, -0.1) is 5.10 Å². The van der Waals surface area contributed by atoms with Gasteiger partial charge in [-0.3, -0.25) is 28.8 Å². The lowest BCUT2D eigenvalue weighted by molar-refractivity contribution is -0.137. The molecule has 4 aliphatic carbocycles. The topological polar surface area (TPSA) is 186 Å². The van der Waals surface area contributed by atoms with E-state index in [4.69, 9.17) is 0 Å². The van der Waals surface area contributed by atoms with Crippen LogP contribution in [0.1, 0.15) is 55.4 Å². The average Bonchev–Trinajstić information content (AvgIpc) is 3.39. The zero-order valence-corrected chi connectivity index (χ0v) is 23.7. The molecule has 0 unspecified atom stereocenters. The molecular weight excluding hydrogens is 544 g/mol. The van der Waals surface area contributed by atoms with E-state index in [1.807, 2.05) is 0 Å². The highest BCUT2D eigenvalue weighted by Crippen LogP contribution is 2.53. The molecule has 0 aromatic carbocycles. The van der Waals surface area contributed by atoms with Gasteiger partial charge in [-0.05, 0) is 74.3 Å². The van der Waals surface area contributed by atoms with Crippen molar-refractivity contribution in [2.45, 2.75) is 63.6 Å². The van der Waals surface area contributed by atoms with Gasteiger partial charge in [0.15, 0.2) is 0 Å². The summed E-state index contributed by atoms with van der Waals surface area (Å²) in [4.78, 5) is 76.0. The Morgan fingerprint density at radius 2 is 1.74 bits per heavy atom. The standard InChI is InChI=1S/C28H36N8O6/c1-29-27(41)22(37)6-5-19(31-26(40)21-13-30-34-35(21)2)25(39)32-20-4-3-7-36(28(20)42)14-23(38)33-24-17-9-15-8-16(11-17)12-18(24)10-15/h3-4,7,13,15-19,24H,5-6,8-12,14H2,1-2H3,(H,29,41)(H,31,40)(H,32,39)(H,33,38)/t15?,16?,17?,18?,19-,24?/m0/s1. The van der Waals surface area contributed by atoms with Gasteiger partial charge in [-0.2, -0.15) is 0 Å². The number of rotatable bonds is 11. The summed E-state index contributed by atoms with van der Waals surface area (Å²) in [5, 5.41) is 17.8. The zero-order chi connectivity index (χ0) is 30.0. The molecule has 2 aromatic rings. The van der Waals surface area contributed by atoms with Gasteiger partial charge in [-0.1, -0.05) is 5.21 Å². The van der Waals surface area contributed by atoms with Crippen molar-refractivity contribution in [2.75, 3.05) is 12.4 Å². The Bertz CT molecular complexity index is 1420. The summed E-state index contributed by atoms with van der Waals surface area (Å²) in [6.45, 7) is -0.195. The van der Waals surface area contributed by atoms with Gasteiger partial charge in [-0.25, -0.2) is 4.68 Å². The summed E-state index contributed by atoms with van der Waals surface area (Å²) in [5.41, 5.74) is -0.616. The van der Waals surface area contributed by atoms with Crippen LogP contribution < -0.4 is 26.8 Å². The highest BCUT2D eigenvalue weighted by Gasteiger charge is 2.48. The molecule has 0 saturated heterocycles. The van der Waals surface area contributed by atoms with Gasteiger partial charge in [0.2, 0.25) is 17.6 Å². The number of amides is 4. The van der Waals surface area contributed by atoms with E-state index < -0.39 is 35.1 Å². The lowest BCUT2D eigenvalue weighted by Crippen LogP contribution is -2.56. The Morgan fingerprint density at radius 3 is 2.36 bits per heavy atom. The molecule has 224 valence electrons. The molecule has 0 radical (unpaired) electrons. The van der Waals surface area contributed by atoms with Crippen molar-refractivity contribution in [3.8, 4) is 0 Å². The molecule has 4 aliphatic rings. The van der Waals surface area contributed by atoms with Crippen molar-refractivity contribution in [1.82, 2.24) is 35.5 Å². The van der Waals surface area contributed by atoms with E-state index in [9.17, 15) is 28.8 Å². The fourth-order valence-corrected chi connectivity index (χ4v) is 7.05. The summed E-state index contributed by atoms with van der Waals surface area (Å²) in [5.74, 6) is -0.735. The second kappa shape index (κ2) is 12.2. The van der Waals surface area contributed by atoms with Gasteiger partial charge >= 0.3 is 0 Å². The number of likely N-dealkylation sites (N-methyl/N-ethyl adjacent to an activating group) is 1. The number of Topliss-reactive ketones (excluding diaryl/α,β-unsaturated/α-hetero) is 1. The third-order valence-electron chi connectivity index (χ3n) is 8.86. The second-order valence-electron chi connectivity index (χ2n) is 11.7. The Balaban J connectivity index is 1.25. The average molecular weight is 581 g/mol. The van der Waals surface area contributed by atoms with E-state index >= 15 is 0 Å². The van der Waals surface area contributed by atoms with Crippen LogP contribution in [0.4, 0.5) is 5.69 Å². The molecule has 0 spiro atoms. The summed E-state index contributed by atoms with van der Waals surface area (Å²) in [6.07, 6.45) is 8.10. The zero-order valence-electron chi connectivity index (χ0n) is 23.7. The van der Waals surface area contributed by atoms with E-state index in [0.717, 1.165) is 37.5 Å². The van der Waals surface area contributed by atoms with Crippen LogP contribution in [0.25, 0.3) is 0 Å². The minimum Gasteiger partial charge on any atom is -0.353 e. The first-order valence-corrected chi connectivity index (χ1v) is 14.3. The Labute approximate surface area is 242 Å². The Kier molecular flexibility index (Phi) is 8.50. The number of ketones is 1. The Morgan fingerprint density at radius 1 is 1.05 bits per heavy atom. The van der Waals surface area contributed by atoms with Crippen LogP contribution in [0.5, 0.6) is 0 Å². The molecule has 0 aliphatic heterocycles. The number of hydrogen-bond acceptors (Lipinski definition) is 8. The molecule has 14 heteroatoms. The number of nitrogens with one attached hydrogen (secondary N) is 4. The first kappa shape index (κ1) is 29.1. The number of pyridine rings is 1. The van der Waals surface area contributed by atoms with Gasteiger partial charge in [0.05, 0.1) is 6.20 Å². The monoisotopic (exact) mass is 580 g/mol. The molecule has 4 amide bonds.